The Bertz CT molecular complexity index is 1030. The fourth-order valence-corrected chi connectivity index (χ4v) is 5.50. The summed E-state index contributed by atoms with van der Waals surface area (Å²) in [5.41, 5.74) is 4.08. The summed E-state index contributed by atoms with van der Waals surface area (Å²) in [4.78, 5) is 12.8. The van der Waals surface area contributed by atoms with Crippen LogP contribution in [-0.2, 0) is 14.8 Å². The summed E-state index contributed by atoms with van der Waals surface area (Å²) in [5, 5.41) is 3.98. The summed E-state index contributed by atoms with van der Waals surface area (Å²) in [5.74, 6) is 0.199. The first kappa shape index (κ1) is 25.5. The van der Waals surface area contributed by atoms with Gasteiger partial charge in [0.25, 0.3) is 5.91 Å². The minimum absolute atomic E-state index is 0.0916. The van der Waals surface area contributed by atoms with Crippen LogP contribution < -0.4 is 14.9 Å². The quantitative estimate of drug-likeness (QED) is 0.343. The summed E-state index contributed by atoms with van der Waals surface area (Å²) in [7, 11) is -2.29. The van der Waals surface area contributed by atoms with Gasteiger partial charge in [-0.1, -0.05) is 31.5 Å². The third kappa shape index (κ3) is 7.41. The van der Waals surface area contributed by atoms with Crippen LogP contribution >= 0.6 is 31.9 Å². The van der Waals surface area contributed by atoms with E-state index in [1.165, 1.54) is 18.3 Å². The van der Waals surface area contributed by atoms with E-state index < -0.39 is 22.0 Å². The molecule has 0 heterocycles. The number of halogens is 2. The molecule has 0 aliphatic carbocycles. The van der Waals surface area contributed by atoms with Gasteiger partial charge in [-0.2, -0.15) is 9.82 Å². The van der Waals surface area contributed by atoms with E-state index in [2.05, 4.69) is 47.1 Å². The van der Waals surface area contributed by atoms with E-state index in [0.717, 1.165) is 14.5 Å². The van der Waals surface area contributed by atoms with Gasteiger partial charge in [-0.3, -0.25) is 4.79 Å². The molecule has 0 aliphatic rings. The van der Waals surface area contributed by atoms with Crippen LogP contribution in [0.5, 0.6) is 5.75 Å². The Morgan fingerprint density at radius 1 is 1.16 bits per heavy atom. The van der Waals surface area contributed by atoms with Crippen molar-refractivity contribution in [3.8, 4) is 5.75 Å². The fraction of sp³-hybridized carbons (Fsp3) is 0.333. The third-order valence-corrected chi connectivity index (χ3v) is 6.93. The minimum Gasteiger partial charge on any atom is -0.494 e. The maximum atomic E-state index is 12.7. The second-order valence-electron chi connectivity index (χ2n) is 7.37. The number of carbonyl (C=O) groups is 1. The van der Waals surface area contributed by atoms with Gasteiger partial charge in [-0.05, 0) is 81.0 Å². The maximum Gasteiger partial charge on any atom is 0.258 e. The molecule has 2 N–H and O–H groups in total. The molecule has 7 nitrogen and oxygen atoms in total. The number of carbonyl (C=O) groups excluding carboxylic acids is 1. The van der Waals surface area contributed by atoms with Crippen LogP contribution in [0, 0.1) is 12.8 Å². The van der Waals surface area contributed by atoms with Crippen molar-refractivity contribution in [3.63, 3.8) is 0 Å². The lowest BCUT2D eigenvalue weighted by molar-refractivity contribution is -0.123. The second-order valence-corrected chi connectivity index (χ2v) is 10.8. The van der Waals surface area contributed by atoms with Crippen LogP contribution in [0.25, 0.3) is 0 Å². The molecular formula is C21H25Br2N3O4S. The van der Waals surface area contributed by atoms with E-state index in [9.17, 15) is 13.2 Å². The molecule has 1 amide bonds. The molecule has 0 spiro atoms. The molecule has 0 bridgehead atoms. The van der Waals surface area contributed by atoms with Gasteiger partial charge in [0.05, 0.1) is 27.2 Å². The van der Waals surface area contributed by atoms with Gasteiger partial charge in [-0.15, -0.1) is 0 Å². The Hall–Kier alpha value is -1.75. The van der Waals surface area contributed by atoms with Crippen LogP contribution in [0.15, 0.2) is 55.3 Å². The normalized spacial score (nSPS) is 12.9. The van der Waals surface area contributed by atoms with Crippen LogP contribution in [0.1, 0.15) is 31.4 Å². The number of methoxy groups -OCH3 is 1. The zero-order chi connectivity index (χ0) is 23.2. The van der Waals surface area contributed by atoms with Crippen molar-refractivity contribution >= 4 is 54.0 Å². The third-order valence-electron chi connectivity index (χ3n) is 4.27. The van der Waals surface area contributed by atoms with Crippen molar-refractivity contribution in [2.45, 2.75) is 38.1 Å². The Morgan fingerprint density at radius 2 is 1.74 bits per heavy atom. The highest BCUT2D eigenvalue weighted by atomic mass is 79.9. The Balaban J connectivity index is 2.14. The number of amides is 1. The van der Waals surface area contributed by atoms with Crippen LogP contribution in [0.2, 0.25) is 0 Å². The monoisotopic (exact) mass is 573 g/mol. The Kier molecular flexibility index (Phi) is 9.23. The molecule has 2 aromatic carbocycles. The highest BCUT2D eigenvalue weighted by Crippen LogP contribution is 2.33. The molecule has 168 valence electrons. The topological polar surface area (TPSA) is 96.9 Å². The number of ether oxygens (including phenoxy) is 1. The number of benzene rings is 2. The zero-order valence-electron chi connectivity index (χ0n) is 17.6. The number of rotatable bonds is 9. The molecule has 0 saturated heterocycles. The fourth-order valence-electron chi connectivity index (χ4n) is 2.75. The van der Waals surface area contributed by atoms with Gasteiger partial charge in [0.15, 0.2) is 0 Å². The molecule has 0 aliphatic heterocycles. The summed E-state index contributed by atoms with van der Waals surface area (Å²) in [6.45, 7) is 5.70. The number of nitrogens with one attached hydrogen (secondary N) is 2. The lowest BCUT2D eigenvalue weighted by atomic mass is 10.0. The average Bonchev–Trinajstić information content (AvgIpc) is 2.67. The number of nitrogens with zero attached hydrogens (tertiary/aromatic N) is 1. The molecule has 1 atom stereocenters. The SMILES string of the molecule is COc1c(Br)cc(/C=N\NC(=O)[C@H](CC(C)C)NS(=O)(=O)c2ccc(C)cc2)cc1Br. The number of sulfonamides is 1. The van der Waals surface area contributed by atoms with Gasteiger partial charge >= 0.3 is 0 Å². The molecule has 0 unspecified atom stereocenters. The smallest absolute Gasteiger partial charge is 0.258 e. The number of aryl methyl sites for hydroxylation is 1. The molecule has 0 fully saturated rings. The molecule has 0 saturated carbocycles. The first-order chi connectivity index (χ1) is 14.5. The summed E-state index contributed by atoms with van der Waals surface area (Å²) in [6.07, 6.45) is 1.79. The van der Waals surface area contributed by atoms with Gasteiger partial charge < -0.3 is 4.74 Å². The maximum absolute atomic E-state index is 12.7. The van der Waals surface area contributed by atoms with Crippen molar-refractivity contribution in [2.24, 2.45) is 11.0 Å². The Morgan fingerprint density at radius 3 is 2.26 bits per heavy atom. The molecule has 0 radical (unpaired) electrons. The van der Waals surface area contributed by atoms with Crippen molar-refractivity contribution in [1.29, 1.82) is 0 Å². The van der Waals surface area contributed by atoms with E-state index in [1.807, 2.05) is 20.8 Å². The highest BCUT2D eigenvalue weighted by molar-refractivity contribution is 9.11. The molecule has 2 aromatic rings. The van der Waals surface area contributed by atoms with E-state index in [0.29, 0.717) is 17.7 Å². The minimum atomic E-state index is -3.85. The summed E-state index contributed by atoms with van der Waals surface area (Å²) in [6, 6.07) is 9.05. The highest BCUT2D eigenvalue weighted by Gasteiger charge is 2.26. The van der Waals surface area contributed by atoms with Crippen LogP contribution in [-0.4, -0.2) is 33.7 Å². The van der Waals surface area contributed by atoms with Crippen LogP contribution in [0.3, 0.4) is 0 Å². The number of hydrazone groups is 1. The summed E-state index contributed by atoms with van der Waals surface area (Å²) < 4.78 is 34.6. The van der Waals surface area contributed by atoms with Gasteiger partial charge in [-0.25, -0.2) is 13.8 Å². The Labute approximate surface area is 200 Å². The van der Waals surface area contributed by atoms with E-state index in [4.69, 9.17) is 4.74 Å². The largest absolute Gasteiger partial charge is 0.494 e. The van der Waals surface area contributed by atoms with Crippen LogP contribution in [0.4, 0.5) is 0 Å². The lowest BCUT2D eigenvalue weighted by Crippen LogP contribution is -2.46. The molecule has 2 rings (SSSR count). The van der Waals surface area contributed by atoms with Gasteiger partial charge in [0, 0.05) is 0 Å². The predicted octanol–water partition coefficient (Wildman–Crippen LogP) is 4.37. The first-order valence-electron chi connectivity index (χ1n) is 9.48. The molecule has 0 aromatic heterocycles. The predicted molar refractivity (Wildman–Crippen MR) is 129 cm³/mol. The lowest BCUT2D eigenvalue weighted by Gasteiger charge is -2.19. The first-order valence-corrected chi connectivity index (χ1v) is 12.6. The number of hydrogen-bond donors (Lipinski definition) is 2. The van der Waals surface area contributed by atoms with Gasteiger partial charge in [0.2, 0.25) is 10.0 Å². The van der Waals surface area contributed by atoms with Crippen molar-refractivity contribution < 1.29 is 17.9 Å². The average molecular weight is 575 g/mol. The van der Waals surface area contributed by atoms with Crippen molar-refractivity contribution in [3.05, 3.63) is 56.5 Å². The zero-order valence-corrected chi connectivity index (χ0v) is 21.6. The molecule has 10 heteroatoms. The standard InChI is InChI=1S/C21H25Br2N3O4S/c1-13(2)9-19(26-31(28,29)16-7-5-14(3)6-8-16)21(27)25-24-12-15-10-17(22)20(30-4)18(23)11-15/h5-8,10-13,19,26H,9H2,1-4H3,(H,25,27)/b24-12-/t19-/m0/s1. The second kappa shape index (κ2) is 11.2. The van der Waals surface area contributed by atoms with Crippen molar-refractivity contribution in [1.82, 2.24) is 10.1 Å². The van der Waals surface area contributed by atoms with E-state index >= 15 is 0 Å². The van der Waals surface area contributed by atoms with E-state index in [-0.39, 0.29) is 10.8 Å². The van der Waals surface area contributed by atoms with Crippen molar-refractivity contribution in [2.75, 3.05) is 7.11 Å². The number of hydrogen-bond acceptors (Lipinski definition) is 5. The molecule has 31 heavy (non-hydrogen) atoms. The summed E-state index contributed by atoms with van der Waals surface area (Å²) >= 11 is 6.82. The molecular weight excluding hydrogens is 550 g/mol. The van der Waals surface area contributed by atoms with Gasteiger partial charge in [0.1, 0.15) is 11.8 Å². The van der Waals surface area contributed by atoms with E-state index in [1.54, 1.807) is 31.4 Å².